The lowest BCUT2D eigenvalue weighted by molar-refractivity contribution is -0.149. The molecule has 5 heterocycles. The number of hydrogen-bond donors (Lipinski definition) is 2. The maximum atomic E-state index is 9.76. The number of ether oxygens (including phenoxy) is 2. The van der Waals surface area contributed by atoms with Crippen LogP contribution in [0.1, 0.15) is 18.9 Å². The molecule has 9 heteroatoms. The average Bonchev–Trinajstić information content (AvgIpc) is 3.50. The van der Waals surface area contributed by atoms with Crippen LogP contribution in [0.2, 0.25) is 0 Å². The number of thiazole rings is 1. The topological polar surface area (TPSA) is 92.6 Å². The van der Waals surface area contributed by atoms with Crippen LogP contribution in [0.3, 0.4) is 0 Å². The number of hydrogen-bond acceptors (Lipinski definition) is 9. The first kappa shape index (κ1) is 19.4. The molecule has 3 aromatic rings. The molecule has 0 saturated carbocycles. The van der Waals surface area contributed by atoms with E-state index in [0.717, 1.165) is 34.2 Å². The van der Waals surface area contributed by atoms with Gasteiger partial charge in [0.25, 0.3) is 0 Å². The molecule has 1 atom stereocenters. The third-order valence-corrected chi connectivity index (χ3v) is 6.39. The highest BCUT2D eigenvalue weighted by atomic mass is 32.1. The van der Waals surface area contributed by atoms with E-state index in [9.17, 15) is 5.11 Å². The lowest BCUT2D eigenvalue weighted by Crippen LogP contribution is -2.22. The summed E-state index contributed by atoms with van der Waals surface area (Å²) in [6.45, 7) is 4.55. The van der Waals surface area contributed by atoms with Crippen molar-refractivity contribution in [2.75, 3.05) is 36.5 Å². The van der Waals surface area contributed by atoms with E-state index in [1.54, 1.807) is 17.5 Å². The summed E-state index contributed by atoms with van der Waals surface area (Å²) in [7, 11) is 0. The number of aromatic nitrogens is 3. The maximum Gasteiger partial charge on any atom is 0.192 e. The van der Waals surface area contributed by atoms with Crippen molar-refractivity contribution in [3.05, 3.63) is 48.3 Å². The molecule has 1 unspecified atom stereocenters. The SMILES string of the molecule is CC1(c2ccnc(Nc3cccc(-c4cnc(N5CCC(O)C5)s4)n3)c2)OCCO1. The summed E-state index contributed by atoms with van der Waals surface area (Å²) in [5, 5.41) is 13.9. The number of nitrogens with one attached hydrogen (secondary N) is 1. The molecule has 3 aromatic heterocycles. The normalized spacial score (nSPS) is 20.6. The van der Waals surface area contributed by atoms with Crippen molar-refractivity contribution in [1.29, 1.82) is 0 Å². The highest BCUT2D eigenvalue weighted by Crippen LogP contribution is 2.34. The first-order valence-electron chi connectivity index (χ1n) is 9.97. The Balaban J connectivity index is 1.34. The second kappa shape index (κ2) is 7.92. The molecule has 0 aromatic carbocycles. The van der Waals surface area contributed by atoms with Crippen LogP contribution < -0.4 is 10.2 Å². The summed E-state index contributed by atoms with van der Waals surface area (Å²) >= 11 is 1.58. The van der Waals surface area contributed by atoms with E-state index in [1.165, 1.54) is 0 Å². The Morgan fingerprint density at radius 3 is 2.87 bits per heavy atom. The van der Waals surface area contributed by atoms with Gasteiger partial charge in [0.2, 0.25) is 0 Å². The quantitative estimate of drug-likeness (QED) is 0.644. The lowest BCUT2D eigenvalue weighted by atomic mass is 10.1. The first-order chi connectivity index (χ1) is 14.6. The minimum Gasteiger partial charge on any atom is -0.391 e. The van der Waals surface area contributed by atoms with Gasteiger partial charge in [-0.05, 0) is 37.6 Å². The van der Waals surface area contributed by atoms with Crippen LogP contribution >= 0.6 is 11.3 Å². The zero-order valence-electron chi connectivity index (χ0n) is 16.6. The van der Waals surface area contributed by atoms with Crippen molar-refractivity contribution in [3.8, 4) is 10.6 Å². The smallest absolute Gasteiger partial charge is 0.192 e. The molecule has 2 aliphatic rings. The molecule has 8 nitrogen and oxygen atoms in total. The number of rotatable bonds is 5. The predicted molar refractivity (Wildman–Crippen MR) is 115 cm³/mol. The fourth-order valence-corrected chi connectivity index (χ4v) is 4.60. The van der Waals surface area contributed by atoms with Gasteiger partial charge in [0.05, 0.1) is 29.9 Å². The first-order valence-corrected chi connectivity index (χ1v) is 10.8. The highest BCUT2D eigenvalue weighted by Gasteiger charge is 2.33. The van der Waals surface area contributed by atoms with Crippen LogP contribution in [0.4, 0.5) is 16.8 Å². The van der Waals surface area contributed by atoms with Crippen LogP contribution in [0.25, 0.3) is 10.6 Å². The van der Waals surface area contributed by atoms with Gasteiger partial charge in [0.1, 0.15) is 11.6 Å². The molecule has 5 rings (SSSR count). The molecule has 2 fully saturated rings. The van der Waals surface area contributed by atoms with Crippen molar-refractivity contribution < 1.29 is 14.6 Å². The number of pyridine rings is 2. The molecule has 156 valence electrons. The zero-order valence-corrected chi connectivity index (χ0v) is 17.4. The van der Waals surface area contributed by atoms with Gasteiger partial charge >= 0.3 is 0 Å². The van der Waals surface area contributed by atoms with Crippen molar-refractivity contribution in [1.82, 2.24) is 15.0 Å². The number of β-amino-alcohol motifs (C(OH)–C–C–N with tert-alkyl or cyclic N) is 1. The Labute approximate surface area is 178 Å². The van der Waals surface area contributed by atoms with Crippen LogP contribution in [0, 0.1) is 0 Å². The minimum absolute atomic E-state index is 0.270. The number of nitrogens with zero attached hydrogens (tertiary/aromatic N) is 4. The van der Waals surface area contributed by atoms with E-state index in [0.29, 0.717) is 31.4 Å². The highest BCUT2D eigenvalue weighted by molar-refractivity contribution is 7.18. The van der Waals surface area contributed by atoms with Gasteiger partial charge in [-0.25, -0.2) is 15.0 Å². The Bertz CT molecular complexity index is 1040. The number of aliphatic hydroxyl groups excluding tert-OH is 1. The second-order valence-corrected chi connectivity index (χ2v) is 8.51. The van der Waals surface area contributed by atoms with E-state index in [-0.39, 0.29) is 6.10 Å². The molecule has 2 saturated heterocycles. The third kappa shape index (κ3) is 3.89. The van der Waals surface area contributed by atoms with Crippen LogP contribution in [-0.2, 0) is 15.3 Å². The van der Waals surface area contributed by atoms with E-state index in [1.807, 2.05) is 43.5 Å². The standard InChI is InChI=1S/C21H23N5O3S/c1-21(28-9-10-29-21)14-5-7-22-19(11-14)25-18-4-2-3-16(24-18)17-12-23-20(30-17)26-8-6-15(27)13-26/h2-5,7,11-12,15,27H,6,8-10,13H2,1H3,(H,22,24,25). The largest absolute Gasteiger partial charge is 0.391 e. The van der Waals surface area contributed by atoms with E-state index < -0.39 is 5.79 Å². The molecule has 0 aliphatic carbocycles. The maximum absolute atomic E-state index is 9.76. The van der Waals surface area contributed by atoms with Gasteiger partial charge in [-0.15, -0.1) is 0 Å². The molecule has 0 radical (unpaired) electrons. The molecule has 2 aliphatic heterocycles. The molecule has 0 bridgehead atoms. The summed E-state index contributed by atoms with van der Waals surface area (Å²) in [5.74, 6) is 0.632. The minimum atomic E-state index is -0.739. The third-order valence-electron chi connectivity index (χ3n) is 5.31. The monoisotopic (exact) mass is 425 g/mol. The van der Waals surface area contributed by atoms with Gasteiger partial charge in [-0.3, -0.25) is 0 Å². The lowest BCUT2D eigenvalue weighted by Gasteiger charge is -2.23. The Morgan fingerprint density at radius 1 is 1.20 bits per heavy atom. The Morgan fingerprint density at radius 2 is 2.07 bits per heavy atom. The van der Waals surface area contributed by atoms with Gasteiger partial charge in [-0.1, -0.05) is 17.4 Å². The van der Waals surface area contributed by atoms with Crippen molar-refractivity contribution in [2.45, 2.75) is 25.2 Å². The predicted octanol–water partition coefficient (Wildman–Crippen LogP) is 3.13. The van der Waals surface area contributed by atoms with Crippen LogP contribution in [0.5, 0.6) is 0 Å². The zero-order chi connectivity index (χ0) is 20.6. The summed E-state index contributed by atoms with van der Waals surface area (Å²) in [6.07, 6.45) is 4.09. The van der Waals surface area contributed by atoms with Gasteiger partial charge < -0.3 is 24.8 Å². The second-order valence-electron chi connectivity index (χ2n) is 7.50. The van der Waals surface area contributed by atoms with E-state index in [4.69, 9.17) is 14.5 Å². The summed E-state index contributed by atoms with van der Waals surface area (Å²) < 4.78 is 11.5. The summed E-state index contributed by atoms with van der Waals surface area (Å²) in [6, 6.07) is 9.64. The molecular formula is C21H23N5O3S. The number of anilines is 3. The Hall–Kier alpha value is -2.59. The molecular weight excluding hydrogens is 402 g/mol. The van der Waals surface area contributed by atoms with Crippen molar-refractivity contribution >= 4 is 28.1 Å². The fourth-order valence-electron chi connectivity index (χ4n) is 3.68. The van der Waals surface area contributed by atoms with Crippen LogP contribution in [-0.4, -0.2) is 52.5 Å². The fraction of sp³-hybridized carbons (Fsp3) is 0.381. The van der Waals surface area contributed by atoms with Gasteiger partial charge in [-0.2, -0.15) is 0 Å². The van der Waals surface area contributed by atoms with E-state index >= 15 is 0 Å². The van der Waals surface area contributed by atoms with Crippen LogP contribution in [0.15, 0.2) is 42.7 Å². The molecule has 30 heavy (non-hydrogen) atoms. The summed E-state index contributed by atoms with van der Waals surface area (Å²) in [5.41, 5.74) is 1.75. The van der Waals surface area contributed by atoms with Crippen molar-refractivity contribution in [3.63, 3.8) is 0 Å². The molecule has 2 N–H and O–H groups in total. The van der Waals surface area contributed by atoms with Gasteiger partial charge in [0, 0.05) is 31.0 Å². The molecule has 0 amide bonds. The number of aliphatic hydroxyl groups is 1. The van der Waals surface area contributed by atoms with Crippen molar-refractivity contribution in [2.24, 2.45) is 0 Å². The molecule has 0 spiro atoms. The average molecular weight is 426 g/mol. The Kier molecular flexibility index (Phi) is 5.11. The van der Waals surface area contributed by atoms with Gasteiger partial charge in [0.15, 0.2) is 10.9 Å². The summed E-state index contributed by atoms with van der Waals surface area (Å²) in [4.78, 5) is 16.7. The van der Waals surface area contributed by atoms with E-state index in [2.05, 4.69) is 20.2 Å².